The van der Waals surface area contributed by atoms with Crippen molar-refractivity contribution in [2.75, 3.05) is 6.54 Å². The van der Waals surface area contributed by atoms with Gasteiger partial charge in [-0.05, 0) is 30.0 Å². The van der Waals surface area contributed by atoms with Gasteiger partial charge in [-0.25, -0.2) is 0 Å². The monoisotopic (exact) mass is 203 g/mol. The Hall–Kier alpha value is -1.31. The Morgan fingerprint density at radius 2 is 2.13 bits per heavy atom. The number of carbonyl (C=O) groups excluding carboxylic acids is 1. The third-order valence-corrected chi connectivity index (χ3v) is 2.95. The quantitative estimate of drug-likeness (QED) is 0.739. The van der Waals surface area contributed by atoms with Gasteiger partial charge in [-0.1, -0.05) is 26.0 Å². The van der Waals surface area contributed by atoms with Crippen LogP contribution in [0, 0.1) is 0 Å². The Labute approximate surface area is 90.9 Å². The first kappa shape index (κ1) is 10.2. The molecular formula is C13H17NO. The lowest BCUT2D eigenvalue weighted by molar-refractivity contribution is 0.0778. The first-order valence-corrected chi connectivity index (χ1v) is 5.67. The molecule has 1 aromatic rings. The summed E-state index contributed by atoms with van der Waals surface area (Å²) in [5.41, 5.74) is 3.36. The van der Waals surface area contributed by atoms with Crippen molar-refractivity contribution in [2.45, 2.75) is 33.2 Å². The molecule has 0 bridgehead atoms. The van der Waals surface area contributed by atoms with Gasteiger partial charge in [-0.3, -0.25) is 4.79 Å². The minimum Gasteiger partial charge on any atom is -0.334 e. The number of amides is 1. The summed E-state index contributed by atoms with van der Waals surface area (Å²) in [6.45, 7) is 5.89. The van der Waals surface area contributed by atoms with Gasteiger partial charge in [0, 0.05) is 18.7 Å². The Morgan fingerprint density at radius 1 is 1.33 bits per heavy atom. The van der Waals surface area contributed by atoms with Gasteiger partial charge in [-0.2, -0.15) is 0 Å². The maximum absolute atomic E-state index is 12.0. The van der Waals surface area contributed by atoms with Gasteiger partial charge in [0.2, 0.25) is 0 Å². The second-order valence-electron chi connectivity index (χ2n) is 4.07. The molecule has 0 radical (unpaired) electrons. The van der Waals surface area contributed by atoms with Crippen molar-refractivity contribution in [2.24, 2.45) is 0 Å². The van der Waals surface area contributed by atoms with E-state index in [2.05, 4.69) is 26.0 Å². The molecule has 1 amide bonds. The second kappa shape index (κ2) is 4.05. The minimum atomic E-state index is 0.210. The highest BCUT2D eigenvalue weighted by molar-refractivity contribution is 5.98. The third-order valence-electron chi connectivity index (χ3n) is 2.95. The predicted molar refractivity (Wildman–Crippen MR) is 60.9 cm³/mol. The Morgan fingerprint density at radius 3 is 2.80 bits per heavy atom. The number of benzene rings is 1. The highest BCUT2D eigenvalue weighted by Crippen LogP contribution is 2.24. The van der Waals surface area contributed by atoms with E-state index in [4.69, 9.17) is 0 Å². The average Bonchev–Trinajstić information content (AvgIpc) is 2.56. The smallest absolute Gasteiger partial charge is 0.254 e. The first-order valence-electron chi connectivity index (χ1n) is 5.67. The van der Waals surface area contributed by atoms with E-state index in [0.717, 1.165) is 31.5 Å². The van der Waals surface area contributed by atoms with Crippen molar-refractivity contribution in [1.82, 2.24) is 4.90 Å². The van der Waals surface area contributed by atoms with E-state index in [9.17, 15) is 4.79 Å². The third kappa shape index (κ3) is 1.76. The maximum Gasteiger partial charge on any atom is 0.254 e. The van der Waals surface area contributed by atoms with Gasteiger partial charge in [0.1, 0.15) is 0 Å². The molecule has 1 aromatic carbocycles. The number of hydrogen-bond donors (Lipinski definition) is 0. The molecule has 15 heavy (non-hydrogen) atoms. The summed E-state index contributed by atoms with van der Waals surface area (Å²) in [5, 5.41) is 0. The van der Waals surface area contributed by atoms with Gasteiger partial charge in [0.05, 0.1) is 0 Å². The maximum atomic E-state index is 12.0. The SMILES string of the molecule is CCCN1Cc2ccc(CC)cc2C1=O. The lowest BCUT2D eigenvalue weighted by Gasteiger charge is -2.13. The van der Waals surface area contributed by atoms with Crippen LogP contribution in [0.3, 0.4) is 0 Å². The molecule has 0 N–H and O–H groups in total. The zero-order valence-electron chi connectivity index (χ0n) is 9.42. The van der Waals surface area contributed by atoms with Crippen LogP contribution in [0.4, 0.5) is 0 Å². The van der Waals surface area contributed by atoms with E-state index in [1.165, 1.54) is 11.1 Å². The molecule has 2 heteroatoms. The molecule has 1 aliphatic heterocycles. The molecule has 80 valence electrons. The van der Waals surface area contributed by atoms with Crippen molar-refractivity contribution in [3.63, 3.8) is 0 Å². The fourth-order valence-electron chi connectivity index (χ4n) is 2.08. The molecule has 0 saturated carbocycles. The zero-order valence-corrected chi connectivity index (χ0v) is 9.42. The van der Waals surface area contributed by atoms with Crippen molar-refractivity contribution in [3.05, 3.63) is 34.9 Å². The van der Waals surface area contributed by atoms with Crippen molar-refractivity contribution < 1.29 is 4.79 Å². The molecule has 1 aliphatic rings. The summed E-state index contributed by atoms with van der Waals surface area (Å²) in [7, 11) is 0. The molecule has 0 unspecified atom stereocenters. The van der Waals surface area contributed by atoms with E-state index in [1.807, 2.05) is 11.0 Å². The highest BCUT2D eigenvalue weighted by atomic mass is 16.2. The standard InChI is InChI=1S/C13H17NO/c1-3-7-14-9-11-6-5-10(4-2)8-12(11)13(14)15/h5-6,8H,3-4,7,9H2,1-2H3. The van der Waals surface area contributed by atoms with Gasteiger partial charge < -0.3 is 4.90 Å². The first-order chi connectivity index (χ1) is 7.26. The van der Waals surface area contributed by atoms with Gasteiger partial charge >= 0.3 is 0 Å². The normalized spacial score (nSPS) is 14.5. The van der Waals surface area contributed by atoms with E-state index >= 15 is 0 Å². The molecule has 0 aliphatic carbocycles. The molecule has 0 saturated heterocycles. The fourth-order valence-corrected chi connectivity index (χ4v) is 2.08. The summed E-state index contributed by atoms with van der Waals surface area (Å²) in [6.07, 6.45) is 2.02. The lowest BCUT2D eigenvalue weighted by Crippen LogP contribution is -2.24. The van der Waals surface area contributed by atoms with Crippen LogP contribution in [0.25, 0.3) is 0 Å². The van der Waals surface area contributed by atoms with E-state index in [1.54, 1.807) is 0 Å². The average molecular weight is 203 g/mol. The molecule has 2 rings (SSSR count). The van der Waals surface area contributed by atoms with Gasteiger partial charge in [0.15, 0.2) is 0 Å². The summed E-state index contributed by atoms with van der Waals surface area (Å²) in [4.78, 5) is 13.9. The molecule has 1 heterocycles. The number of carbonyl (C=O) groups is 1. The van der Waals surface area contributed by atoms with E-state index in [0.29, 0.717) is 0 Å². The lowest BCUT2D eigenvalue weighted by atomic mass is 10.0. The van der Waals surface area contributed by atoms with Gasteiger partial charge in [-0.15, -0.1) is 0 Å². The Kier molecular flexibility index (Phi) is 2.76. The predicted octanol–water partition coefficient (Wildman–Crippen LogP) is 2.61. The van der Waals surface area contributed by atoms with Crippen LogP contribution in [0.2, 0.25) is 0 Å². The summed E-state index contributed by atoms with van der Waals surface area (Å²) < 4.78 is 0. The fraction of sp³-hybridized carbons (Fsp3) is 0.462. The van der Waals surface area contributed by atoms with Crippen molar-refractivity contribution in [3.8, 4) is 0 Å². The van der Waals surface area contributed by atoms with Crippen LogP contribution in [-0.4, -0.2) is 17.4 Å². The Balaban J connectivity index is 2.29. The van der Waals surface area contributed by atoms with E-state index in [-0.39, 0.29) is 5.91 Å². The summed E-state index contributed by atoms with van der Waals surface area (Å²) in [5.74, 6) is 0.210. The molecule has 0 aromatic heterocycles. The summed E-state index contributed by atoms with van der Waals surface area (Å²) >= 11 is 0. The number of fused-ring (bicyclic) bond motifs is 1. The molecule has 0 atom stereocenters. The van der Waals surface area contributed by atoms with Crippen molar-refractivity contribution in [1.29, 1.82) is 0 Å². The largest absolute Gasteiger partial charge is 0.334 e. The minimum absolute atomic E-state index is 0.210. The van der Waals surface area contributed by atoms with Crippen LogP contribution in [-0.2, 0) is 13.0 Å². The van der Waals surface area contributed by atoms with Crippen molar-refractivity contribution >= 4 is 5.91 Å². The van der Waals surface area contributed by atoms with Crippen LogP contribution >= 0.6 is 0 Å². The molecule has 0 spiro atoms. The van der Waals surface area contributed by atoms with Gasteiger partial charge in [0.25, 0.3) is 5.91 Å². The number of rotatable bonds is 3. The van der Waals surface area contributed by atoms with E-state index < -0.39 is 0 Å². The summed E-state index contributed by atoms with van der Waals surface area (Å²) in [6, 6.07) is 6.27. The van der Waals surface area contributed by atoms with Crippen LogP contribution in [0.1, 0.15) is 41.8 Å². The topological polar surface area (TPSA) is 20.3 Å². The van der Waals surface area contributed by atoms with Crippen LogP contribution in [0.5, 0.6) is 0 Å². The number of aryl methyl sites for hydroxylation is 1. The zero-order chi connectivity index (χ0) is 10.8. The van der Waals surface area contributed by atoms with Crippen LogP contribution < -0.4 is 0 Å². The molecule has 0 fully saturated rings. The Bertz CT molecular complexity index is 384. The highest BCUT2D eigenvalue weighted by Gasteiger charge is 2.26. The number of nitrogens with zero attached hydrogens (tertiary/aromatic N) is 1. The molecule has 2 nitrogen and oxygen atoms in total. The second-order valence-corrected chi connectivity index (χ2v) is 4.07. The number of hydrogen-bond acceptors (Lipinski definition) is 1. The van der Waals surface area contributed by atoms with Crippen LogP contribution in [0.15, 0.2) is 18.2 Å². The molecular weight excluding hydrogens is 186 g/mol.